The predicted molar refractivity (Wildman–Crippen MR) is 239 cm³/mol. The van der Waals surface area contributed by atoms with Crippen molar-refractivity contribution in [3.63, 3.8) is 0 Å². The fraction of sp³-hybridized carbons (Fsp3) is 0.231. The van der Waals surface area contributed by atoms with Crippen molar-refractivity contribution in [1.29, 1.82) is 0 Å². The summed E-state index contributed by atoms with van der Waals surface area (Å²) in [5, 5.41) is 8.79. The molecule has 0 atom stereocenters. The molecular weight excluding hydrogens is 896 g/mol. The van der Waals surface area contributed by atoms with E-state index in [0.717, 1.165) is 0 Å². The molecule has 0 heterocycles. The number of benzene rings is 6. The molecule has 0 aliphatic heterocycles. The minimum Gasteiger partial charge on any atom is -1.00 e. The van der Waals surface area contributed by atoms with E-state index < -0.39 is 15.8 Å². The summed E-state index contributed by atoms with van der Waals surface area (Å²) in [6, 6.07) is 55.5. The van der Waals surface area contributed by atoms with Crippen LogP contribution < -0.4 is 69.0 Å². The average Bonchev–Trinajstić information content (AvgIpc) is 3.23. The Hall–Kier alpha value is -2.85. The third-order valence-electron chi connectivity index (χ3n) is 11.1. The first-order chi connectivity index (χ1) is 26.9. The Labute approximate surface area is 382 Å². The van der Waals surface area contributed by atoms with Gasteiger partial charge in [0, 0.05) is 0 Å². The van der Waals surface area contributed by atoms with Crippen LogP contribution in [0, 0.1) is 0 Å². The van der Waals surface area contributed by atoms with Crippen molar-refractivity contribution in [3.8, 4) is 11.1 Å². The van der Waals surface area contributed by atoms with Crippen molar-refractivity contribution in [2.24, 2.45) is 0 Å². The van der Waals surface area contributed by atoms with Gasteiger partial charge in [-0.15, -0.1) is 0 Å². The maximum absolute atomic E-state index is 2.55. The van der Waals surface area contributed by atoms with Gasteiger partial charge in [-0.25, -0.2) is 0 Å². The fourth-order valence-electron chi connectivity index (χ4n) is 8.58. The second kappa shape index (κ2) is 24.4. The van der Waals surface area contributed by atoms with E-state index in [0.29, 0.717) is 0 Å². The molecule has 0 saturated heterocycles. The zero-order valence-corrected chi connectivity index (χ0v) is 38.7. The molecule has 0 unspecified atom stereocenters. The minimum atomic E-state index is -0.752. The summed E-state index contributed by atoms with van der Waals surface area (Å²) in [5.74, 6) is 0. The summed E-state index contributed by atoms with van der Waals surface area (Å²) in [7, 11) is -1.50. The van der Waals surface area contributed by atoms with Gasteiger partial charge in [0.15, 0.2) is 0 Å². The van der Waals surface area contributed by atoms with E-state index in [1.54, 1.807) is 33.4 Å². The number of allylic oxidation sites excluding steroid dienone is 4. The van der Waals surface area contributed by atoms with Gasteiger partial charge in [0.05, 0.1) is 0 Å². The van der Waals surface area contributed by atoms with Crippen molar-refractivity contribution in [2.45, 2.75) is 77.0 Å². The molecule has 6 heteroatoms. The molecule has 0 aromatic heterocycles. The zero-order valence-electron chi connectivity index (χ0n) is 33.0. The third-order valence-corrected chi connectivity index (χ3v) is 16.1. The Morgan fingerprint density at radius 3 is 0.879 bits per heavy atom. The molecule has 0 saturated carbocycles. The second-order valence-corrected chi connectivity index (χ2v) is 19.1. The topological polar surface area (TPSA) is 0 Å². The van der Waals surface area contributed by atoms with Gasteiger partial charge in [-0.05, 0) is 158 Å². The summed E-state index contributed by atoms with van der Waals surface area (Å²) in [4.78, 5) is 0. The molecule has 6 aromatic carbocycles. The molecule has 0 amide bonds. The van der Waals surface area contributed by atoms with Crippen LogP contribution in [-0.4, -0.2) is 0 Å². The standard InChI is InChI=1S/C44H40P2.C8H12.3ClH.Rh/c1-5-19-35(20-6-1)45(36-21-7-2-8-22-36)41-31-29-33-17-13-15-27-39(33)43(41)44-40-28-16-14-18-34(40)30-32-42(44)46(37-23-9-3-10-24-37)38-25-11-4-12-26-38;1-2-4-6-8-7-5-3-1;;;;/h1-12,19-26,29-32H,13-18,27-28H2;1-2,7-8H,3-6H2;3*1H;/q;;;;;+3/p-3/b;2-1-,8-7-;;;;. The molecule has 0 fully saturated rings. The molecule has 6 aromatic rings. The van der Waals surface area contributed by atoms with Crippen LogP contribution in [0.1, 0.15) is 73.6 Å². The molecular formula is C52H52Cl3P2Rh. The molecule has 300 valence electrons. The van der Waals surface area contributed by atoms with Gasteiger partial charge in [-0.1, -0.05) is 170 Å². The quantitative estimate of drug-likeness (QED) is 0.131. The van der Waals surface area contributed by atoms with Crippen molar-refractivity contribution in [2.75, 3.05) is 0 Å². The number of hydrogen-bond donors (Lipinski definition) is 0. The molecule has 3 aliphatic carbocycles. The first-order valence-corrected chi connectivity index (χ1v) is 23.0. The van der Waals surface area contributed by atoms with Gasteiger partial charge in [0.2, 0.25) is 0 Å². The monoisotopic (exact) mass is 946 g/mol. The van der Waals surface area contributed by atoms with E-state index in [4.69, 9.17) is 0 Å². The van der Waals surface area contributed by atoms with Crippen LogP contribution >= 0.6 is 15.8 Å². The van der Waals surface area contributed by atoms with Crippen LogP contribution in [-0.2, 0) is 45.2 Å². The van der Waals surface area contributed by atoms with Crippen LogP contribution in [0.15, 0.2) is 170 Å². The van der Waals surface area contributed by atoms with E-state index in [1.807, 2.05) is 0 Å². The van der Waals surface area contributed by atoms with Crippen LogP contribution in [0.2, 0.25) is 0 Å². The van der Waals surface area contributed by atoms with Gasteiger partial charge < -0.3 is 37.2 Å². The molecule has 3 aliphatic rings. The Morgan fingerprint density at radius 2 is 0.586 bits per heavy atom. The van der Waals surface area contributed by atoms with Gasteiger partial charge in [0.25, 0.3) is 0 Å². The van der Waals surface area contributed by atoms with Crippen molar-refractivity contribution >= 4 is 47.7 Å². The van der Waals surface area contributed by atoms with Gasteiger partial charge in [-0.3, -0.25) is 0 Å². The molecule has 0 N–H and O–H groups in total. The van der Waals surface area contributed by atoms with E-state index in [9.17, 15) is 0 Å². The van der Waals surface area contributed by atoms with E-state index >= 15 is 0 Å². The van der Waals surface area contributed by atoms with E-state index in [2.05, 4.69) is 170 Å². The van der Waals surface area contributed by atoms with Crippen molar-refractivity contribution < 1.29 is 56.7 Å². The molecule has 0 nitrogen and oxygen atoms in total. The zero-order chi connectivity index (χ0) is 36.4. The SMILES string of the molecule is C1=C\CC/C=C\CC/1.[Cl-].[Cl-].[Cl-].[Rh+3].c1ccc(P(c2ccccc2)c2ccc3c(c2-c2c(P(c4ccccc4)c4ccccc4)ccc4c2CCCC4)CCCC3)cc1. The normalized spacial score (nSPS) is 15.1. The van der Waals surface area contributed by atoms with Crippen LogP contribution in [0.4, 0.5) is 0 Å². The number of fused-ring (bicyclic) bond motifs is 2. The van der Waals surface area contributed by atoms with Crippen LogP contribution in [0.25, 0.3) is 11.1 Å². The van der Waals surface area contributed by atoms with Crippen LogP contribution in [0.3, 0.4) is 0 Å². The molecule has 0 radical (unpaired) electrons. The third kappa shape index (κ3) is 11.3. The first-order valence-electron chi connectivity index (χ1n) is 20.3. The summed E-state index contributed by atoms with van der Waals surface area (Å²) in [6.07, 6.45) is 23.8. The molecule has 9 rings (SSSR count). The van der Waals surface area contributed by atoms with E-state index in [-0.39, 0.29) is 56.7 Å². The maximum Gasteiger partial charge on any atom is 3.00 e. The Balaban J connectivity index is 0.000000558. The van der Waals surface area contributed by atoms with Crippen molar-refractivity contribution in [3.05, 3.63) is 192 Å². The Bertz CT molecular complexity index is 1940. The van der Waals surface area contributed by atoms with Crippen molar-refractivity contribution in [1.82, 2.24) is 0 Å². The molecule has 0 bridgehead atoms. The largest absolute Gasteiger partial charge is 3.00 e. The van der Waals surface area contributed by atoms with Crippen LogP contribution in [0.5, 0.6) is 0 Å². The van der Waals surface area contributed by atoms with Gasteiger partial charge in [-0.2, -0.15) is 0 Å². The maximum atomic E-state index is 2.55. The second-order valence-electron chi connectivity index (χ2n) is 14.7. The van der Waals surface area contributed by atoms with Gasteiger partial charge in [0.1, 0.15) is 0 Å². The first kappa shape index (κ1) is 47.8. The molecule has 58 heavy (non-hydrogen) atoms. The van der Waals surface area contributed by atoms with E-state index in [1.165, 1.54) is 109 Å². The number of rotatable bonds is 7. The fourth-order valence-corrected chi connectivity index (χ4v) is 13.6. The smallest absolute Gasteiger partial charge is 1.00 e. The summed E-state index contributed by atoms with van der Waals surface area (Å²) >= 11 is 0. The number of halogens is 3. The minimum absolute atomic E-state index is 0. The summed E-state index contributed by atoms with van der Waals surface area (Å²) in [6.45, 7) is 0. The summed E-state index contributed by atoms with van der Waals surface area (Å²) < 4.78 is 0. The Kier molecular flexibility index (Phi) is 20.1. The predicted octanol–water partition coefficient (Wildman–Crippen LogP) is 2.31. The summed E-state index contributed by atoms with van der Waals surface area (Å²) in [5.41, 5.74) is 9.54. The number of aryl methyl sites for hydroxylation is 2. The Morgan fingerprint density at radius 1 is 0.310 bits per heavy atom. The number of hydrogen-bond acceptors (Lipinski definition) is 0. The average molecular weight is 948 g/mol. The van der Waals surface area contributed by atoms with Gasteiger partial charge >= 0.3 is 19.5 Å². The molecule has 0 spiro atoms.